The number of carbonyl (C=O) groups is 1. The first-order chi connectivity index (χ1) is 8.29. The van der Waals surface area contributed by atoms with Gasteiger partial charge in [-0.25, -0.2) is 4.79 Å². The number of ether oxygens (including phenoxy) is 1. The fourth-order valence-corrected chi connectivity index (χ4v) is 2.54. The largest absolute Gasteiger partial charge is 0.478 e. The highest BCUT2D eigenvalue weighted by Crippen LogP contribution is 2.27. The molecule has 0 unspecified atom stereocenters. The number of carboxylic acids is 1. The first kappa shape index (κ1) is 10.4. The molecule has 0 bridgehead atoms. The van der Waals surface area contributed by atoms with E-state index < -0.39 is 5.97 Å². The van der Waals surface area contributed by atoms with Gasteiger partial charge in [-0.05, 0) is 6.07 Å². The van der Waals surface area contributed by atoms with Crippen molar-refractivity contribution < 1.29 is 14.6 Å². The van der Waals surface area contributed by atoms with Gasteiger partial charge in [0.25, 0.3) is 0 Å². The van der Waals surface area contributed by atoms with Gasteiger partial charge in [-0.2, -0.15) is 0 Å². The van der Waals surface area contributed by atoms with Gasteiger partial charge in [0.05, 0.1) is 18.8 Å². The maximum absolute atomic E-state index is 11.4. The van der Waals surface area contributed by atoms with Crippen LogP contribution in [0.1, 0.15) is 16.1 Å². The fourth-order valence-electron chi connectivity index (χ4n) is 2.54. The highest BCUT2D eigenvalue weighted by atomic mass is 16.5. The first-order valence-corrected chi connectivity index (χ1v) is 5.70. The molecule has 17 heavy (non-hydrogen) atoms. The van der Waals surface area contributed by atoms with Crippen molar-refractivity contribution in [1.29, 1.82) is 0 Å². The number of para-hydroxylation sites is 1. The molecule has 0 amide bonds. The van der Waals surface area contributed by atoms with Crippen molar-refractivity contribution in [2.75, 3.05) is 13.2 Å². The van der Waals surface area contributed by atoms with E-state index in [4.69, 9.17) is 4.74 Å². The summed E-state index contributed by atoms with van der Waals surface area (Å²) in [6, 6.07) is 7.66. The number of aromatic carboxylic acids is 1. The van der Waals surface area contributed by atoms with E-state index in [2.05, 4.69) is 4.57 Å². The molecule has 4 nitrogen and oxygen atoms in total. The Labute approximate surface area is 98.4 Å². The lowest BCUT2D eigenvalue weighted by molar-refractivity contribution is 0.0697. The minimum atomic E-state index is -0.850. The predicted molar refractivity (Wildman–Crippen MR) is 63.4 cm³/mol. The molecule has 88 valence electrons. The van der Waals surface area contributed by atoms with E-state index in [0.29, 0.717) is 25.2 Å². The number of carboxylic acid groups (broad SMARTS) is 1. The van der Waals surface area contributed by atoms with Crippen LogP contribution in [-0.2, 0) is 17.7 Å². The lowest BCUT2D eigenvalue weighted by Crippen LogP contribution is -2.06. The fraction of sp³-hybridized carbons (Fsp3) is 0.308. The summed E-state index contributed by atoms with van der Waals surface area (Å²) in [5.41, 5.74) is 2.31. The minimum Gasteiger partial charge on any atom is -0.478 e. The average Bonchev–Trinajstić information content (AvgIpc) is 2.48. The van der Waals surface area contributed by atoms with E-state index in [-0.39, 0.29) is 0 Å². The lowest BCUT2D eigenvalue weighted by atomic mass is 10.1. The van der Waals surface area contributed by atoms with Crippen molar-refractivity contribution in [1.82, 2.24) is 4.57 Å². The number of aromatic nitrogens is 1. The summed E-state index contributed by atoms with van der Waals surface area (Å²) in [5.74, 6) is -0.850. The minimum absolute atomic E-state index is 0.436. The zero-order valence-electron chi connectivity index (χ0n) is 9.35. The van der Waals surface area contributed by atoms with Gasteiger partial charge in [0, 0.05) is 29.6 Å². The molecule has 0 fully saturated rings. The highest BCUT2D eigenvalue weighted by Gasteiger charge is 2.22. The molecule has 1 aliphatic rings. The van der Waals surface area contributed by atoms with Crippen LogP contribution in [0.3, 0.4) is 0 Å². The molecule has 1 aliphatic heterocycles. The first-order valence-electron chi connectivity index (χ1n) is 5.70. The Kier molecular flexibility index (Phi) is 2.37. The molecule has 3 rings (SSSR count). The van der Waals surface area contributed by atoms with Crippen molar-refractivity contribution >= 4 is 16.9 Å². The van der Waals surface area contributed by atoms with Crippen LogP contribution in [0, 0.1) is 0 Å². The van der Waals surface area contributed by atoms with Gasteiger partial charge in [-0.15, -0.1) is 0 Å². The Morgan fingerprint density at radius 1 is 1.29 bits per heavy atom. The zero-order valence-corrected chi connectivity index (χ0v) is 9.35. The van der Waals surface area contributed by atoms with Crippen molar-refractivity contribution in [2.24, 2.45) is 0 Å². The molecule has 1 N–H and O–H groups in total. The van der Waals surface area contributed by atoms with E-state index in [9.17, 15) is 9.90 Å². The molecule has 2 heterocycles. The average molecular weight is 231 g/mol. The number of nitrogens with zero attached hydrogens (tertiary/aromatic N) is 1. The van der Waals surface area contributed by atoms with Crippen molar-refractivity contribution in [2.45, 2.75) is 13.0 Å². The van der Waals surface area contributed by atoms with Gasteiger partial charge in [-0.3, -0.25) is 0 Å². The van der Waals surface area contributed by atoms with E-state index >= 15 is 0 Å². The molecule has 1 aromatic carbocycles. The number of benzene rings is 1. The Morgan fingerprint density at radius 3 is 2.94 bits per heavy atom. The molecule has 0 saturated carbocycles. The van der Waals surface area contributed by atoms with Crippen LogP contribution in [-0.4, -0.2) is 28.9 Å². The third kappa shape index (κ3) is 1.52. The van der Waals surface area contributed by atoms with Gasteiger partial charge in [-0.1, -0.05) is 18.2 Å². The summed E-state index contributed by atoms with van der Waals surface area (Å²) < 4.78 is 7.48. The SMILES string of the molecule is O=C(O)c1c2n(c3ccccc13)CCOCC2. The number of hydrogen-bond acceptors (Lipinski definition) is 2. The third-order valence-corrected chi connectivity index (χ3v) is 3.23. The van der Waals surface area contributed by atoms with Gasteiger partial charge in [0.2, 0.25) is 0 Å². The van der Waals surface area contributed by atoms with Crippen LogP contribution in [0.25, 0.3) is 10.9 Å². The Balaban J connectivity index is 2.36. The molecule has 4 heteroatoms. The number of fused-ring (bicyclic) bond motifs is 3. The van der Waals surface area contributed by atoms with Crippen molar-refractivity contribution in [3.63, 3.8) is 0 Å². The molecule has 0 spiro atoms. The van der Waals surface area contributed by atoms with Crippen LogP contribution in [0.5, 0.6) is 0 Å². The predicted octanol–water partition coefficient (Wildman–Crippen LogP) is 1.91. The summed E-state index contributed by atoms with van der Waals surface area (Å²) in [6.45, 7) is 1.96. The second-order valence-electron chi connectivity index (χ2n) is 4.16. The van der Waals surface area contributed by atoms with E-state index in [1.807, 2.05) is 24.3 Å². The zero-order chi connectivity index (χ0) is 11.8. The number of rotatable bonds is 1. The topological polar surface area (TPSA) is 51.5 Å². The van der Waals surface area contributed by atoms with Crippen LogP contribution in [0.15, 0.2) is 24.3 Å². The van der Waals surface area contributed by atoms with Crippen molar-refractivity contribution in [3.8, 4) is 0 Å². The molecule has 2 aromatic rings. The van der Waals surface area contributed by atoms with E-state index in [0.717, 1.165) is 23.1 Å². The van der Waals surface area contributed by atoms with Gasteiger partial charge < -0.3 is 14.4 Å². The second-order valence-corrected chi connectivity index (χ2v) is 4.16. The standard InChI is InChI=1S/C13H13NO3/c15-13(16)12-9-3-1-2-4-10(9)14-6-8-17-7-5-11(12)14/h1-4H,5-8H2,(H,15,16). The maximum Gasteiger partial charge on any atom is 0.338 e. The molecule has 0 saturated heterocycles. The molecule has 0 radical (unpaired) electrons. The summed E-state index contributed by atoms with van der Waals surface area (Å²) in [6.07, 6.45) is 0.663. The third-order valence-electron chi connectivity index (χ3n) is 3.23. The number of hydrogen-bond donors (Lipinski definition) is 1. The normalized spacial score (nSPS) is 15.5. The monoisotopic (exact) mass is 231 g/mol. The Bertz CT molecular complexity index is 586. The summed E-state index contributed by atoms with van der Waals surface area (Å²) in [5, 5.41) is 10.2. The van der Waals surface area contributed by atoms with Crippen LogP contribution in [0.4, 0.5) is 0 Å². The smallest absolute Gasteiger partial charge is 0.338 e. The quantitative estimate of drug-likeness (QED) is 0.815. The molecule has 0 aliphatic carbocycles. The van der Waals surface area contributed by atoms with E-state index in [1.165, 1.54) is 0 Å². The molecular weight excluding hydrogens is 218 g/mol. The highest BCUT2D eigenvalue weighted by molar-refractivity contribution is 6.05. The lowest BCUT2D eigenvalue weighted by Gasteiger charge is -2.04. The maximum atomic E-state index is 11.4. The van der Waals surface area contributed by atoms with Crippen LogP contribution < -0.4 is 0 Å². The summed E-state index contributed by atoms with van der Waals surface area (Å²) in [4.78, 5) is 11.4. The van der Waals surface area contributed by atoms with Gasteiger partial charge in [0.1, 0.15) is 0 Å². The van der Waals surface area contributed by atoms with Crippen LogP contribution in [0.2, 0.25) is 0 Å². The Hall–Kier alpha value is -1.81. The van der Waals surface area contributed by atoms with Gasteiger partial charge >= 0.3 is 5.97 Å². The van der Waals surface area contributed by atoms with Crippen molar-refractivity contribution in [3.05, 3.63) is 35.5 Å². The second kappa shape index (κ2) is 3.89. The summed E-state index contributed by atoms with van der Waals surface area (Å²) in [7, 11) is 0. The molecular formula is C13H13NO3. The van der Waals surface area contributed by atoms with Crippen LogP contribution >= 0.6 is 0 Å². The Morgan fingerprint density at radius 2 is 2.12 bits per heavy atom. The van der Waals surface area contributed by atoms with E-state index in [1.54, 1.807) is 0 Å². The van der Waals surface area contributed by atoms with Gasteiger partial charge in [0.15, 0.2) is 0 Å². The molecule has 1 aromatic heterocycles. The molecule has 0 atom stereocenters. The summed E-state index contributed by atoms with van der Waals surface area (Å²) >= 11 is 0.